The summed E-state index contributed by atoms with van der Waals surface area (Å²) in [4.78, 5) is 19.6. The molecule has 0 N–H and O–H groups in total. The smallest absolute Gasteiger partial charge is 0.429 e. The van der Waals surface area contributed by atoms with Crippen LogP contribution in [-0.4, -0.2) is 53.6 Å². The molecular formula is C13H13F13O4. The summed E-state index contributed by atoms with van der Waals surface area (Å²) in [5, 5.41) is 0. The van der Waals surface area contributed by atoms with Crippen LogP contribution in [0.15, 0.2) is 0 Å². The molecule has 0 rings (SSSR count). The first kappa shape index (κ1) is 28.5. The third kappa shape index (κ3) is 4.86. The highest BCUT2D eigenvalue weighted by Gasteiger charge is 2.92. The fourth-order valence-electron chi connectivity index (χ4n) is 1.35. The Morgan fingerprint density at radius 3 is 1.37 bits per heavy atom. The number of ether oxygens (including phenoxy) is 1. The largest absolute Gasteiger partial charge is 0.460 e. The van der Waals surface area contributed by atoms with Gasteiger partial charge in [-0.25, -0.2) is 9.68 Å². The summed E-state index contributed by atoms with van der Waals surface area (Å²) in [6, 6.07) is 0. The zero-order valence-electron chi connectivity index (χ0n) is 15.1. The molecule has 180 valence electrons. The van der Waals surface area contributed by atoms with Crippen molar-refractivity contribution < 1.29 is 76.4 Å². The maximum atomic E-state index is 13.5. The zero-order chi connectivity index (χ0) is 24.8. The van der Waals surface area contributed by atoms with Crippen LogP contribution in [0.3, 0.4) is 0 Å². The Bertz CT molecular complexity index is 622. The van der Waals surface area contributed by atoms with Crippen LogP contribution in [0.2, 0.25) is 0 Å². The fourth-order valence-corrected chi connectivity index (χ4v) is 1.35. The van der Waals surface area contributed by atoms with Gasteiger partial charge in [-0.15, -0.1) is 0 Å². The van der Waals surface area contributed by atoms with E-state index in [9.17, 15) is 61.9 Å². The molecule has 0 aromatic carbocycles. The monoisotopic (exact) mass is 480 g/mol. The number of alkyl halides is 13. The zero-order valence-corrected chi connectivity index (χ0v) is 15.1. The van der Waals surface area contributed by atoms with E-state index < -0.39 is 53.6 Å². The van der Waals surface area contributed by atoms with Gasteiger partial charge in [-0.2, -0.15) is 62.0 Å². The topological polar surface area (TPSA) is 44.8 Å². The minimum Gasteiger partial charge on any atom is -0.429 e. The second-order valence-electron chi connectivity index (χ2n) is 6.63. The van der Waals surface area contributed by atoms with Crippen LogP contribution in [0.4, 0.5) is 57.1 Å². The summed E-state index contributed by atoms with van der Waals surface area (Å²) in [7, 11) is 0. The Morgan fingerprint density at radius 2 is 1.03 bits per heavy atom. The van der Waals surface area contributed by atoms with Gasteiger partial charge >= 0.3 is 41.8 Å². The Balaban J connectivity index is 5.93. The minimum atomic E-state index is -8.11. The Kier molecular flexibility index (Phi) is 7.47. The Hall–Kier alpha value is -1.52. The van der Waals surface area contributed by atoms with Gasteiger partial charge in [0.05, 0.1) is 5.60 Å². The standard InChI is InChI=1S/C13H13F13O4/c1-5(29-30-7(2,3)4)28-6(27)8(14,15)9(16,17)10(18,19)11(20,21)12(22,23)13(24,25)26/h5H,1-4H3. The van der Waals surface area contributed by atoms with Crippen LogP contribution in [-0.2, 0) is 19.3 Å². The van der Waals surface area contributed by atoms with Crippen molar-refractivity contribution >= 4 is 5.97 Å². The molecule has 0 aliphatic heterocycles. The summed E-state index contributed by atoms with van der Waals surface area (Å²) in [5.41, 5.74) is -1.22. The van der Waals surface area contributed by atoms with E-state index >= 15 is 0 Å². The highest BCUT2D eigenvalue weighted by Crippen LogP contribution is 2.60. The average molecular weight is 480 g/mol. The molecule has 1 unspecified atom stereocenters. The van der Waals surface area contributed by atoms with E-state index in [0.29, 0.717) is 6.92 Å². The van der Waals surface area contributed by atoms with Gasteiger partial charge in [-0.3, -0.25) is 0 Å². The van der Waals surface area contributed by atoms with Crippen molar-refractivity contribution in [3.05, 3.63) is 0 Å². The maximum Gasteiger partial charge on any atom is 0.460 e. The third-order valence-corrected chi connectivity index (χ3v) is 2.90. The van der Waals surface area contributed by atoms with Gasteiger partial charge in [-0.05, 0) is 20.8 Å². The molecule has 0 spiro atoms. The number of esters is 1. The first-order chi connectivity index (χ1) is 12.8. The van der Waals surface area contributed by atoms with Crippen molar-refractivity contribution in [3.63, 3.8) is 0 Å². The van der Waals surface area contributed by atoms with E-state index in [1.165, 1.54) is 20.8 Å². The van der Waals surface area contributed by atoms with Gasteiger partial charge in [0.1, 0.15) is 0 Å². The van der Waals surface area contributed by atoms with Gasteiger partial charge < -0.3 is 4.74 Å². The van der Waals surface area contributed by atoms with Gasteiger partial charge in [0.2, 0.25) is 6.29 Å². The number of hydrogen-bond acceptors (Lipinski definition) is 4. The number of halogens is 13. The van der Waals surface area contributed by atoms with E-state index in [4.69, 9.17) is 0 Å². The van der Waals surface area contributed by atoms with Gasteiger partial charge in [0, 0.05) is 6.92 Å². The number of hydrogen-bond donors (Lipinski definition) is 0. The van der Waals surface area contributed by atoms with Crippen LogP contribution in [0.5, 0.6) is 0 Å². The molecule has 0 bridgehead atoms. The summed E-state index contributed by atoms with van der Waals surface area (Å²) < 4.78 is 171. The molecule has 0 aromatic heterocycles. The van der Waals surface area contributed by atoms with Crippen molar-refractivity contribution in [2.75, 3.05) is 0 Å². The highest BCUT2D eigenvalue weighted by molar-refractivity contribution is 5.79. The molecule has 0 saturated carbocycles. The van der Waals surface area contributed by atoms with Crippen LogP contribution in [0.25, 0.3) is 0 Å². The lowest BCUT2D eigenvalue weighted by atomic mass is 9.94. The van der Waals surface area contributed by atoms with E-state index in [2.05, 4.69) is 14.5 Å². The van der Waals surface area contributed by atoms with Crippen LogP contribution in [0, 0.1) is 0 Å². The Labute approximate surface area is 159 Å². The molecule has 0 saturated heterocycles. The van der Waals surface area contributed by atoms with Gasteiger partial charge in [-0.1, -0.05) is 0 Å². The summed E-state index contributed by atoms with van der Waals surface area (Å²) in [6.07, 6.45) is -9.90. The maximum absolute atomic E-state index is 13.5. The SMILES string of the molecule is CC(OOC(C)(C)C)OC(=O)C(F)(F)C(F)(F)C(F)(F)C(F)(F)C(F)(F)C(F)(F)F. The average Bonchev–Trinajstić information content (AvgIpc) is 2.50. The molecule has 0 aliphatic rings. The third-order valence-electron chi connectivity index (χ3n) is 2.90. The summed E-state index contributed by atoms with van der Waals surface area (Å²) >= 11 is 0. The predicted octanol–water partition coefficient (Wildman–Crippen LogP) is 5.36. The second kappa shape index (κ2) is 7.87. The molecule has 17 heteroatoms. The Morgan fingerprint density at radius 1 is 0.667 bits per heavy atom. The van der Waals surface area contributed by atoms with Crippen molar-refractivity contribution in [1.29, 1.82) is 0 Å². The lowest BCUT2D eigenvalue weighted by Crippen LogP contribution is -2.71. The molecule has 0 aliphatic carbocycles. The number of carbonyl (C=O) groups is 1. The van der Waals surface area contributed by atoms with Crippen molar-refractivity contribution in [2.24, 2.45) is 0 Å². The van der Waals surface area contributed by atoms with E-state index in [0.717, 1.165) is 0 Å². The molecule has 30 heavy (non-hydrogen) atoms. The van der Waals surface area contributed by atoms with Crippen molar-refractivity contribution in [1.82, 2.24) is 0 Å². The first-order valence-electron chi connectivity index (χ1n) is 7.28. The molecule has 0 heterocycles. The number of rotatable bonds is 8. The summed E-state index contributed by atoms with van der Waals surface area (Å²) in [5.74, 6) is -42.6. The molecule has 0 fully saturated rings. The lowest BCUT2D eigenvalue weighted by molar-refractivity contribution is -0.439. The molecule has 0 radical (unpaired) electrons. The van der Waals surface area contributed by atoms with E-state index in [1.807, 2.05) is 0 Å². The van der Waals surface area contributed by atoms with Crippen molar-refractivity contribution in [2.45, 2.75) is 75.4 Å². The van der Waals surface area contributed by atoms with E-state index in [1.54, 1.807) is 0 Å². The normalized spacial score (nSPS) is 16.4. The van der Waals surface area contributed by atoms with Crippen LogP contribution < -0.4 is 0 Å². The molecule has 0 amide bonds. The van der Waals surface area contributed by atoms with Crippen molar-refractivity contribution in [3.8, 4) is 0 Å². The lowest BCUT2D eigenvalue weighted by Gasteiger charge is -2.39. The van der Waals surface area contributed by atoms with E-state index in [-0.39, 0.29) is 0 Å². The second-order valence-corrected chi connectivity index (χ2v) is 6.63. The fraction of sp³-hybridized carbons (Fsp3) is 0.923. The molecule has 1 atom stereocenters. The van der Waals surface area contributed by atoms with Gasteiger partial charge in [0.25, 0.3) is 0 Å². The molecular weight excluding hydrogens is 467 g/mol. The minimum absolute atomic E-state index is 0.502. The molecule has 0 aromatic rings. The van der Waals surface area contributed by atoms with Crippen LogP contribution in [0.1, 0.15) is 27.7 Å². The highest BCUT2D eigenvalue weighted by atomic mass is 19.4. The quantitative estimate of drug-likeness (QED) is 0.154. The first-order valence-corrected chi connectivity index (χ1v) is 7.28. The molecule has 4 nitrogen and oxygen atoms in total. The van der Waals surface area contributed by atoms with Crippen LogP contribution >= 0.6 is 0 Å². The predicted molar refractivity (Wildman–Crippen MR) is 68.3 cm³/mol. The number of carbonyl (C=O) groups excluding carboxylic acids is 1. The van der Waals surface area contributed by atoms with Gasteiger partial charge in [0.15, 0.2) is 0 Å². The summed E-state index contributed by atoms with van der Waals surface area (Å²) in [6.45, 7) is 4.32.